The number of methoxy groups -OCH3 is 2. The van der Waals surface area contributed by atoms with Crippen LogP contribution in [0.25, 0.3) is 0 Å². The van der Waals surface area contributed by atoms with Gasteiger partial charge in [0.05, 0.1) is 54.9 Å². The van der Waals surface area contributed by atoms with Crippen molar-refractivity contribution in [3.05, 3.63) is 132 Å². The Hall–Kier alpha value is -12.4. The smallest absolute Gasteiger partial charge is 0.412 e. The molecule has 0 saturated carbocycles. The number of quaternary nitrogens is 1. The molecule has 0 bridgehead atoms. The second kappa shape index (κ2) is 37.2. The van der Waals surface area contributed by atoms with Crippen LogP contribution in [0.3, 0.4) is 0 Å². The summed E-state index contributed by atoms with van der Waals surface area (Å²) in [6.07, 6.45) is 14.8. The van der Waals surface area contributed by atoms with Gasteiger partial charge in [0.1, 0.15) is 45.4 Å². The summed E-state index contributed by atoms with van der Waals surface area (Å²) in [7, 11) is 15.7. The van der Waals surface area contributed by atoms with Crippen molar-refractivity contribution in [3.8, 4) is 0 Å². The van der Waals surface area contributed by atoms with Gasteiger partial charge in [0.2, 0.25) is 11.6 Å². The molecule has 106 heavy (non-hydrogen) atoms. The maximum absolute atomic E-state index is 13.2. The van der Waals surface area contributed by atoms with Crippen LogP contribution >= 0.6 is 0 Å². The zero-order chi connectivity index (χ0) is 77.9. The normalized spacial score (nSPS) is 10.8. The molecule has 0 aliphatic carbocycles. The standard InChI is InChI=1S/C34H44N10O8.C28H33N9O7.C6H13NO2.ClH/c1-34(2,3)52-33(50)38-22-15-25(43(6)18-22)31(48)40-26-19-44(7)28(39-26)32(49)37-21-14-24(42(5)17-21)30(47)36-20-13-23(41(4)16-20)29(46)35-12-10-9-11-27(45)51-8;1-28(2,3)44-27(43)31-17-9-19(35(5)13-17)24(39)33-21-14-37(7)22(32-21)25(40)30-15-8-18(34(4)11-15)23(38)29-16-10-20(26(41)42)36(6)12-16;1-9-6(8)4-2-3-5-7;/h13-19H,9-12H2,1-8H3,(H,35,46)(H,36,47)(H,37,49)(H,38,50)(H,40,48);8-14H,1-7H3,(H,29,38)(H,30,40)(H,31,43)(H,33,39)(H,41,42);2-5,7H2,1H3;1H. The Balaban J connectivity index is 0.000000341. The molecule has 0 fully saturated rings. The topological polar surface area (TPSA) is 463 Å². The third-order valence-electron chi connectivity index (χ3n) is 14.8. The highest BCUT2D eigenvalue weighted by Crippen LogP contribution is 2.24. The number of imidazole rings is 2. The van der Waals surface area contributed by atoms with E-state index in [0.717, 1.165) is 19.4 Å². The Bertz CT molecular complexity index is 4540. The highest BCUT2D eigenvalue weighted by atomic mass is 35.5. The number of nitrogens with one attached hydrogen (secondary N) is 9. The molecular weight excluding hydrogens is 1400 g/mol. The number of carboxylic acids is 1. The van der Waals surface area contributed by atoms with Crippen LogP contribution in [-0.2, 0) is 84.9 Å². The van der Waals surface area contributed by atoms with Gasteiger partial charge in [-0.05, 0) is 104 Å². The fraction of sp³-hybridized carbons (Fsp3) is 0.382. The second-order valence-electron chi connectivity index (χ2n) is 25.9. The molecule has 0 aliphatic rings. The molecule has 9 amide bonds. The Morgan fingerprint density at radius 2 is 0.670 bits per heavy atom. The van der Waals surface area contributed by atoms with Gasteiger partial charge in [0.15, 0.2) is 11.6 Å². The number of carbonyl (C=O) groups excluding carboxylic acids is 11. The molecule has 0 atom stereocenters. The molecule has 572 valence electrons. The Morgan fingerprint density at radius 3 is 0.972 bits per heavy atom. The predicted octanol–water partition coefficient (Wildman–Crippen LogP) is 3.43. The van der Waals surface area contributed by atoms with Crippen LogP contribution in [-0.4, -0.2) is 162 Å². The molecule has 37 nitrogen and oxygen atoms in total. The third kappa shape index (κ3) is 24.7. The quantitative estimate of drug-likeness (QED) is 0.0222. The first-order valence-corrected chi connectivity index (χ1v) is 32.6. The minimum absolute atomic E-state index is 0. The van der Waals surface area contributed by atoms with E-state index in [1.165, 1.54) is 101 Å². The minimum Gasteiger partial charge on any atom is -1.00 e. The fourth-order valence-corrected chi connectivity index (χ4v) is 9.92. The number of carbonyl (C=O) groups is 12. The number of halogens is 1. The van der Waals surface area contributed by atoms with Gasteiger partial charge in [-0.2, -0.15) is 0 Å². The van der Waals surface area contributed by atoms with Gasteiger partial charge in [0.25, 0.3) is 41.4 Å². The van der Waals surface area contributed by atoms with E-state index in [-0.39, 0.29) is 88.4 Å². The number of aryl methyl sites for hydroxylation is 8. The number of esters is 2. The number of rotatable bonds is 25. The van der Waals surface area contributed by atoms with Crippen LogP contribution in [0.4, 0.5) is 55.3 Å². The van der Waals surface area contributed by atoms with Crippen molar-refractivity contribution in [1.29, 1.82) is 0 Å². The summed E-state index contributed by atoms with van der Waals surface area (Å²) in [5, 5.41) is 33.3. The summed E-state index contributed by atoms with van der Waals surface area (Å²) in [4.78, 5) is 156. The van der Waals surface area contributed by atoms with E-state index in [0.29, 0.717) is 65.6 Å². The molecule has 8 rings (SSSR count). The molecule has 0 aromatic carbocycles. The maximum Gasteiger partial charge on any atom is 0.412 e. The largest absolute Gasteiger partial charge is 1.00 e. The first kappa shape index (κ1) is 84.2. The molecule has 8 heterocycles. The van der Waals surface area contributed by atoms with Gasteiger partial charge >= 0.3 is 30.1 Å². The Morgan fingerprint density at radius 1 is 0.387 bits per heavy atom. The van der Waals surface area contributed by atoms with Gasteiger partial charge in [0, 0.05) is 125 Å². The number of anilines is 8. The van der Waals surface area contributed by atoms with Crippen LogP contribution in [0.1, 0.15) is 164 Å². The molecule has 0 saturated heterocycles. The average molecular weight is 1500 g/mol. The Labute approximate surface area is 615 Å². The van der Waals surface area contributed by atoms with E-state index in [9.17, 15) is 62.6 Å². The lowest BCUT2D eigenvalue weighted by Crippen LogP contribution is -3.00. The Kier molecular flexibility index (Phi) is 29.5. The molecule has 38 heteroatoms. The van der Waals surface area contributed by atoms with Crippen LogP contribution in [0.5, 0.6) is 0 Å². The van der Waals surface area contributed by atoms with Crippen molar-refractivity contribution in [3.63, 3.8) is 0 Å². The van der Waals surface area contributed by atoms with E-state index < -0.39 is 64.8 Å². The molecule has 0 aliphatic heterocycles. The van der Waals surface area contributed by atoms with E-state index in [1.54, 1.807) is 133 Å². The lowest BCUT2D eigenvalue weighted by atomic mass is 10.2. The minimum atomic E-state index is -1.13. The van der Waals surface area contributed by atoms with E-state index in [1.807, 2.05) is 0 Å². The SMILES string of the molecule is COC(=O)CCCCNC(=O)c1cc(NC(=O)c2cc(NC(=O)c3nc(NC(=O)c4cc(NC(=O)OC(C)(C)C)cn4C)cn3C)cn2C)cn1C.COC(=O)CCCC[NH3+].Cn1cc(NC(=O)c2cc(NC(=O)c3nc(NC(=O)c4cc(NC(=O)OC(C)(C)C)cn4C)cn3C)cn2C)cc1C(=O)O.[Cl-]. The number of nitrogens with zero attached hydrogens (tertiary/aromatic N) is 10. The van der Waals surface area contributed by atoms with Crippen molar-refractivity contribution >= 4 is 117 Å². The van der Waals surface area contributed by atoms with Crippen LogP contribution in [0, 0.1) is 0 Å². The van der Waals surface area contributed by atoms with E-state index in [2.05, 4.69) is 73.0 Å². The summed E-state index contributed by atoms with van der Waals surface area (Å²) in [6.45, 7) is 11.7. The molecule has 0 radical (unpaired) electrons. The highest BCUT2D eigenvalue weighted by molar-refractivity contribution is 6.10. The molecule has 13 N–H and O–H groups in total. The zero-order valence-corrected chi connectivity index (χ0v) is 62.5. The van der Waals surface area contributed by atoms with Crippen LogP contribution in [0.2, 0.25) is 0 Å². The van der Waals surface area contributed by atoms with Gasteiger partial charge in [-0.15, -0.1) is 0 Å². The van der Waals surface area contributed by atoms with E-state index in [4.69, 9.17) is 9.47 Å². The number of hydrogen-bond acceptors (Lipinski definition) is 18. The summed E-state index contributed by atoms with van der Waals surface area (Å²) in [6, 6.07) is 8.78. The highest BCUT2D eigenvalue weighted by Gasteiger charge is 2.26. The molecule has 0 spiro atoms. The second-order valence-corrected chi connectivity index (χ2v) is 25.9. The first-order valence-electron chi connectivity index (χ1n) is 32.6. The number of carboxylic acid groups (broad SMARTS) is 1. The van der Waals surface area contributed by atoms with Gasteiger partial charge in [-0.25, -0.2) is 24.4 Å². The van der Waals surface area contributed by atoms with Crippen molar-refractivity contribution in [2.24, 2.45) is 56.4 Å². The monoisotopic (exact) mass is 1490 g/mol. The number of amides is 9. The number of aromatic carboxylic acids is 1. The van der Waals surface area contributed by atoms with Gasteiger partial charge in [-0.3, -0.25) is 53.8 Å². The third-order valence-corrected chi connectivity index (χ3v) is 14.8. The molecule has 0 unspecified atom stereocenters. The number of hydrogen-bond donors (Lipinski definition) is 11. The summed E-state index contributed by atoms with van der Waals surface area (Å²) in [5.41, 5.74) is 5.54. The maximum atomic E-state index is 13.2. The van der Waals surface area contributed by atoms with Gasteiger partial charge in [-0.1, -0.05) is 0 Å². The van der Waals surface area contributed by atoms with Gasteiger partial charge < -0.3 is 116 Å². The van der Waals surface area contributed by atoms with Crippen molar-refractivity contribution in [2.75, 3.05) is 69.8 Å². The average Bonchev–Trinajstić information content (AvgIpc) is 1.68. The predicted molar refractivity (Wildman–Crippen MR) is 385 cm³/mol. The molecular formula is C68H91ClN20O17. The van der Waals surface area contributed by atoms with Crippen molar-refractivity contribution in [2.45, 2.75) is 91.3 Å². The first-order chi connectivity index (χ1) is 49.2. The lowest BCUT2D eigenvalue weighted by Gasteiger charge is -2.19. The zero-order valence-electron chi connectivity index (χ0n) is 61.8. The molecule has 8 aromatic rings. The van der Waals surface area contributed by atoms with Crippen LogP contribution in [0.15, 0.2) is 86.0 Å². The van der Waals surface area contributed by atoms with E-state index >= 15 is 0 Å². The van der Waals surface area contributed by atoms with Crippen molar-refractivity contribution < 1.29 is 99.7 Å². The summed E-state index contributed by atoms with van der Waals surface area (Å²) >= 11 is 0. The fourth-order valence-electron chi connectivity index (χ4n) is 9.92. The lowest BCUT2D eigenvalue weighted by molar-refractivity contribution is -0.368. The van der Waals surface area contributed by atoms with Crippen molar-refractivity contribution in [1.82, 2.24) is 51.8 Å². The number of unbranched alkanes of at least 4 members (excludes halogenated alkanes) is 2. The number of ether oxygens (including phenoxy) is 4. The van der Waals surface area contributed by atoms with Crippen LogP contribution < -0.4 is 66.0 Å². The summed E-state index contributed by atoms with van der Waals surface area (Å²) in [5.74, 6) is -4.91. The molecule has 8 aromatic heterocycles. The summed E-state index contributed by atoms with van der Waals surface area (Å²) < 4.78 is 31.4. The number of aromatic nitrogens is 10.